The molecule has 0 amide bonds. The van der Waals surface area contributed by atoms with Gasteiger partial charge in [0.2, 0.25) is 0 Å². The molecule has 2 rings (SSSR count). The normalized spacial score (nSPS) is 14.6. The number of hydrogen-bond acceptors (Lipinski definition) is 1. The SMILES string of the molecule is CC(CC=O)(c1ccccc1)[Si](C)(C)c1ccccc1. The van der Waals surface area contributed by atoms with Gasteiger partial charge in [-0.05, 0) is 10.6 Å². The quantitative estimate of drug-likeness (QED) is 0.604. The Hall–Kier alpha value is -1.67. The summed E-state index contributed by atoms with van der Waals surface area (Å²) in [6, 6.07) is 21.1. The third-order valence-corrected chi connectivity index (χ3v) is 9.81. The van der Waals surface area contributed by atoms with Crippen molar-refractivity contribution in [3.8, 4) is 0 Å². The van der Waals surface area contributed by atoms with Crippen LogP contribution in [-0.4, -0.2) is 14.4 Å². The highest BCUT2D eigenvalue weighted by molar-refractivity contribution is 6.92. The molecule has 0 radical (unpaired) electrons. The van der Waals surface area contributed by atoms with Gasteiger partial charge in [-0.25, -0.2) is 0 Å². The number of carbonyl (C=O) groups is 1. The fourth-order valence-electron chi connectivity index (χ4n) is 2.88. The molecular formula is C18H22OSi. The predicted molar refractivity (Wildman–Crippen MR) is 88.0 cm³/mol. The fraction of sp³-hybridized carbons (Fsp3) is 0.278. The second-order valence-corrected chi connectivity index (χ2v) is 11.0. The van der Waals surface area contributed by atoms with E-state index in [4.69, 9.17) is 0 Å². The monoisotopic (exact) mass is 282 g/mol. The zero-order chi connectivity index (χ0) is 14.6. The second kappa shape index (κ2) is 5.76. The topological polar surface area (TPSA) is 17.1 Å². The lowest BCUT2D eigenvalue weighted by Crippen LogP contribution is -2.58. The maximum atomic E-state index is 11.3. The van der Waals surface area contributed by atoms with Gasteiger partial charge in [0.05, 0.1) is 8.07 Å². The molecule has 0 heterocycles. The van der Waals surface area contributed by atoms with E-state index in [9.17, 15) is 4.79 Å². The van der Waals surface area contributed by atoms with E-state index < -0.39 is 8.07 Å². The van der Waals surface area contributed by atoms with Gasteiger partial charge in [-0.2, -0.15) is 0 Å². The van der Waals surface area contributed by atoms with Crippen LogP contribution in [-0.2, 0) is 9.83 Å². The van der Waals surface area contributed by atoms with Gasteiger partial charge in [-0.3, -0.25) is 0 Å². The molecule has 20 heavy (non-hydrogen) atoms. The summed E-state index contributed by atoms with van der Waals surface area (Å²) in [5.74, 6) is 0. The highest BCUT2D eigenvalue weighted by atomic mass is 28.3. The summed E-state index contributed by atoms with van der Waals surface area (Å²) in [6.07, 6.45) is 1.65. The molecule has 0 N–H and O–H groups in total. The van der Waals surface area contributed by atoms with Crippen LogP contribution in [0.2, 0.25) is 13.1 Å². The standard InChI is InChI=1S/C18H22OSi/c1-18(14-15-19,16-10-6-4-7-11-16)20(2,3)17-12-8-5-9-13-17/h4-13,15H,14H2,1-3H3. The molecule has 0 spiro atoms. The minimum absolute atomic E-state index is 0.0859. The van der Waals surface area contributed by atoms with Crippen molar-refractivity contribution in [3.63, 3.8) is 0 Å². The molecule has 0 aliphatic carbocycles. The molecule has 0 aliphatic rings. The number of benzene rings is 2. The van der Waals surface area contributed by atoms with Crippen molar-refractivity contribution in [3.05, 3.63) is 66.2 Å². The van der Waals surface area contributed by atoms with Crippen LogP contribution in [0, 0.1) is 0 Å². The van der Waals surface area contributed by atoms with Crippen molar-refractivity contribution in [2.75, 3.05) is 0 Å². The van der Waals surface area contributed by atoms with Crippen molar-refractivity contribution in [2.45, 2.75) is 31.5 Å². The zero-order valence-electron chi connectivity index (χ0n) is 12.5. The van der Waals surface area contributed by atoms with Crippen molar-refractivity contribution in [1.29, 1.82) is 0 Å². The second-order valence-electron chi connectivity index (χ2n) is 6.06. The van der Waals surface area contributed by atoms with Gasteiger partial charge in [0.15, 0.2) is 0 Å². The number of rotatable bonds is 5. The summed E-state index contributed by atoms with van der Waals surface area (Å²) in [5.41, 5.74) is 1.27. The van der Waals surface area contributed by atoms with E-state index in [1.807, 2.05) is 12.1 Å². The van der Waals surface area contributed by atoms with E-state index >= 15 is 0 Å². The minimum atomic E-state index is -1.83. The molecular weight excluding hydrogens is 260 g/mol. The van der Waals surface area contributed by atoms with Gasteiger partial charge in [0.25, 0.3) is 0 Å². The van der Waals surface area contributed by atoms with Crippen molar-refractivity contribution >= 4 is 19.5 Å². The van der Waals surface area contributed by atoms with Gasteiger partial charge >= 0.3 is 0 Å². The summed E-state index contributed by atoms with van der Waals surface area (Å²) in [6.45, 7) is 6.97. The molecule has 0 saturated heterocycles. The van der Waals surface area contributed by atoms with E-state index in [1.54, 1.807) is 0 Å². The molecule has 0 bridgehead atoms. The van der Waals surface area contributed by atoms with Crippen LogP contribution >= 0.6 is 0 Å². The third-order valence-electron chi connectivity index (χ3n) is 4.78. The van der Waals surface area contributed by atoms with E-state index in [0.717, 1.165) is 6.29 Å². The Labute approximate surface area is 122 Å². The summed E-state index contributed by atoms with van der Waals surface area (Å²) >= 11 is 0. The Balaban J connectivity index is 2.55. The Kier molecular flexibility index (Phi) is 4.24. The molecule has 2 heteroatoms. The molecule has 104 valence electrons. The van der Waals surface area contributed by atoms with Gasteiger partial charge in [0, 0.05) is 6.42 Å². The molecule has 0 aliphatic heterocycles. The van der Waals surface area contributed by atoms with E-state index in [0.29, 0.717) is 6.42 Å². The van der Waals surface area contributed by atoms with Crippen molar-refractivity contribution in [1.82, 2.24) is 0 Å². The van der Waals surface area contributed by atoms with Crippen molar-refractivity contribution < 1.29 is 4.79 Å². The lowest BCUT2D eigenvalue weighted by Gasteiger charge is -2.43. The Bertz CT molecular complexity index is 562. The van der Waals surface area contributed by atoms with E-state index in [2.05, 4.69) is 68.5 Å². The van der Waals surface area contributed by atoms with Gasteiger partial charge in [-0.15, -0.1) is 0 Å². The largest absolute Gasteiger partial charge is 0.303 e. The van der Waals surface area contributed by atoms with Crippen LogP contribution in [0.1, 0.15) is 18.9 Å². The molecule has 0 aromatic heterocycles. The lowest BCUT2D eigenvalue weighted by molar-refractivity contribution is -0.108. The summed E-state index contributed by atoms with van der Waals surface area (Å²) in [7, 11) is -1.83. The van der Waals surface area contributed by atoms with E-state index in [1.165, 1.54) is 10.8 Å². The molecule has 1 unspecified atom stereocenters. The molecule has 2 aromatic carbocycles. The molecule has 0 saturated carbocycles. The molecule has 0 fully saturated rings. The van der Waals surface area contributed by atoms with Gasteiger partial charge in [-0.1, -0.05) is 85.9 Å². The lowest BCUT2D eigenvalue weighted by atomic mass is 9.97. The first-order valence-electron chi connectivity index (χ1n) is 7.07. The molecule has 1 atom stereocenters. The zero-order valence-corrected chi connectivity index (χ0v) is 13.5. The Morgan fingerprint density at radius 1 is 0.950 bits per heavy atom. The number of aldehydes is 1. The first-order valence-corrected chi connectivity index (χ1v) is 10.1. The summed E-state index contributed by atoms with van der Waals surface area (Å²) < 4.78 is 0. The smallest absolute Gasteiger partial charge is 0.120 e. The van der Waals surface area contributed by atoms with Gasteiger partial charge < -0.3 is 4.79 Å². The highest BCUT2D eigenvalue weighted by Gasteiger charge is 2.44. The first kappa shape index (κ1) is 14.7. The summed E-state index contributed by atoms with van der Waals surface area (Å²) in [4.78, 5) is 11.3. The maximum absolute atomic E-state index is 11.3. The average Bonchev–Trinajstić information content (AvgIpc) is 2.49. The van der Waals surface area contributed by atoms with Gasteiger partial charge in [0.1, 0.15) is 6.29 Å². The average molecular weight is 282 g/mol. The number of hydrogen-bond donors (Lipinski definition) is 0. The Morgan fingerprint density at radius 3 is 1.95 bits per heavy atom. The fourth-order valence-corrected chi connectivity index (χ4v) is 6.02. The molecule has 2 aromatic rings. The van der Waals surface area contributed by atoms with Crippen LogP contribution in [0.25, 0.3) is 0 Å². The van der Waals surface area contributed by atoms with Crippen LogP contribution in [0.15, 0.2) is 60.7 Å². The van der Waals surface area contributed by atoms with Crippen LogP contribution in [0.5, 0.6) is 0 Å². The molecule has 1 nitrogen and oxygen atoms in total. The maximum Gasteiger partial charge on any atom is 0.120 e. The third kappa shape index (κ3) is 2.48. The van der Waals surface area contributed by atoms with Crippen LogP contribution in [0.3, 0.4) is 0 Å². The van der Waals surface area contributed by atoms with E-state index in [-0.39, 0.29) is 5.04 Å². The number of carbonyl (C=O) groups excluding carboxylic acids is 1. The highest BCUT2D eigenvalue weighted by Crippen LogP contribution is 2.36. The minimum Gasteiger partial charge on any atom is -0.303 e. The Morgan fingerprint density at radius 2 is 1.45 bits per heavy atom. The van der Waals surface area contributed by atoms with Crippen LogP contribution < -0.4 is 5.19 Å². The predicted octanol–water partition coefficient (Wildman–Crippen LogP) is 3.69. The first-order chi connectivity index (χ1) is 9.52. The van der Waals surface area contributed by atoms with Crippen LogP contribution in [0.4, 0.5) is 0 Å². The summed E-state index contributed by atoms with van der Waals surface area (Å²) in [5, 5.41) is 1.31. The van der Waals surface area contributed by atoms with Crippen molar-refractivity contribution in [2.24, 2.45) is 0 Å².